The van der Waals surface area contributed by atoms with Crippen LogP contribution in [-0.2, 0) is 0 Å². The minimum atomic E-state index is -0.186. The quantitative estimate of drug-likeness (QED) is 0.861. The van der Waals surface area contributed by atoms with Crippen LogP contribution in [0, 0.1) is 12.7 Å². The number of thiophene rings is 1. The number of aryl methyl sites for hydroxylation is 1. The molecule has 0 radical (unpaired) electrons. The van der Waals surface area contributed by atoms with Crippen LogP contribution in [0.1, 0.15) is 29.0 Å². The highest BCUT2D eigenvalue weighted by Gasteiger charge is 2.20. The van der Waals surface area contributed by atoms with E-state index in [2.05, 4.69) is 34.2 Å². The van der Waals surface area contributed by atoms with Crippen molar-refractivity contribution in [1.29, 1.82) is 0 Å². The highest BCUT2D eigenvalue weighted by atomic mass is 79.9. The predicted octanol–water partition coefficient (Wildman–Crippen LogP) is 4.66. The second-order valence-electron chi connectivity index (χ2n) is 4.07. The Labute approximate surface area is 119 Å². The summed E-state index contributed by atoms with van der Waals surface area (Å²) in [6, 6.07) is 7.41. The molecule has 0 saturated heterocycles. The summed E-state index contributed by atoms with van der Waals surface area (Å²) in [6.45, 7) is 4.90. The van der Waals surface area contributed by atoms with E-state index in [4.69, 9.17) is 0 Å². The maximum atomic E-state index is 14.2. The average Bonchev–Trinajstić information content (AvgIpc) is 2.76. The number of nitrogens with one attached hydrogen (secondary N) is 1. The van der Waals surface area contributed by atoms with E-state index < -0.39 is 0 Å². The Morgan fingerprint density at radius 2 is 2.11 bits per heavy atom. The fraction of sp³-hybridized carbons (Fsp3) is 0.286. The highest BCUT2D eigenvalue weighted by Crippen LogP contribution is 2.31. The Bertz CT molecular complexity index is 538. The molecule has 0 bridgehead atoms. The van der Waals surface area contributed by atoms with Crippen molar-refractivity contribution in [2.45, 2.75) is 19.9 Å². The highest BCUT2D eigenvalue weighted by molar-refractivity contribution is 9.10. The normalized spacial score (nSPS) is 12.7. The van der Waals surface area contributed by atoms with Crippen molar-refractivity contribution in [2.24, 2.45) is 0 Å². The molecule has 0 aliphatic rings. The van der Waals surface area contributed by atoms with Gasteiger partial charge in [-0.1, -0.05) is 19.1 Å². The van der Waals surface area contributed by atoms with Gasteiger partial charge in [0.2, 0.25) is 0 Å². The van der Waals surface area contributed by atoms with Crippen molar-refractivity contribution >= 4 is 27.3 Å². The molecule has 4 heteroatoms. The Morgan fingerprint density at radius 3 is 2.72 bits per heavy atom. The minimum Gasteiger partial charge on any atom is -0.306 e. The molecule has 0 aliphatic heterocycles. The lowest BCUT2D eigenvalue weighted by atomic mass is 9.99. The largest absolute Gasteiger partial charge is 0.306 e. The third-order valence-corrected chi connectivity index (χ3v) is 4.38. The Hall–Kier alpha value is -0.710. The summed E-state index contributed by atoms with van der Waals surface area (Å²) in [5.41, 5.74) is 1.84. The van der Waals surface area contributed by atoms with Gasteiger partial charge in [-0.25, -0.2) is 4.39 Å². The van der Waals surface area contributed by atoms with Crippen molar-refractivity contribution in [1.82, 2.24) is 5.32 Å². The zero-order valence-corrected chi connectivity index (χ0v) is 12.7. The Morgan fingerprint density at radius 1 is 1.33 bits per heavy atom. The van der Waals surface area contributed by atoms with E-state index in [-0.39, 0.29) is 11.9 Å². The maximum absolute atomic E-state index is 14.2. The summed E-state index contributed by atoms with van der Waals surface area (Å²) in [5, 5.41) is 5.40. The third-order valence-electron chi connectivity index (χ3n) is 2.91. The first-order chi connectivity index (χ1) is 8.65. The predicted molar refractivity (Wildman–Crippen MR) is 78.7 cm³/mol. The first-order valence-corrected chi connectivity index (χ1v) is 7.53. The van der Waals surface area contributed by atoms with Gasteiger partial charge in [0.1, 0.15) is 5.82 Å². The third kappa shape index (κ3) is 2.66. The first kappa shape index (κ1) is 13.7. The van der Waals surface area contributed by atoms with Gasteiger partial charge in [-0.05, 0) is 52.5 Å². The van der Waals surface area contributed by atoms with Gasteiger partial charge in [0.25, 0.3) is 0 Å². The van der Waals surface area contributed by atoms with E-state index in [9.17, 15) is 4.39 Å². The number of benzene rings is 1. The summed E-state index contributed by atoms with van der Waals surface area (Å²) in [7, 11) is 0. The molecule has 0 aliphatic carbocycles. The average molecular weight is 328 g/mol. The van der Waals surface area contributed by atoms with Gasteiger partial charge in [0.15, 0.2) is 0 Å². The van der Waals surface area contributed by atoms with Gasteiger partial charge in [0, 0.05) is 10.4 Å². The zero-order valence-electron chi connectivity index (χ0n) is 10.3. The van der Waals surface area contributed by atoms with E-state index >= 15 is 0 Å². The van der Waals surface area contributed by atoms with Crippen LogP contribution in [0.5, 0.6) is 0 Å². The second kappa shape index (κ2) is 5.95. The topological polar surface area (TPSA) is 12.0 Å². The lowest BCUT2D eigenvalue weighted by molar-refractivity contribution is 0.554. The molecule has 1 aromatic carbocycles. The number of hydrogen-bond acceptors (Lipinski definition) is 2. The molecule has 0 spiro atoms. The summed E-state index contributed by atoms with van der Waals surface area (Å²) in [4.78, 5) is 1.22. The molecule has 1 unspecified atom stereocenters. The fourth-order valence-electron chi connectivity index (χ4n) is 2.03. The molecule has 1 atom stereocenters. The lowest BCUT2D eigenvalue weighted by Crippen LogP contribution is -2.23. The van der Waals surface area contributed by atoms with Crippen molar-refractivity contribution < 1.29 is 4.39 Å². The summed E-state index contributed by atoms with van der Waals surface area (Å²) >= 11 is 4.94. The first-order valence-electron chi connectivity index (χ1n) is 5.86. The summed E-state index contributed by atoms with van der Waals surface area (Å²) < 4.78 is 14.7. The SMILES string of the molecule is CCNC(c1ccsc1C)c1cccc(Br)c1F. The molecular formula is C14H15BrFNS. The standard InChI is InChI=1S/C14H15BrFNS/c1-3-17-14(10-7-8-18-9(10)2)11-5-4-6-12(15)13(11)16/h4-8,14,17H,3H2,1-2H3. The van der Waals surface area contributed by atoms with Gasteiger partial charge in [-0.3, -0.25) is 0 Å². The van der Waals surface area contributed by atoms with E-state index in [0.717, 1.165) is 12.1 Å². The van der Waals surface area contributed by atoms with E-state index in [1.165, 1.54) is 4.88 Å². The van der Waals surface area contributed by atoms with E-state index in [0.29, 0.717) is 10.0 Å². The van der Waals surface area contributed by atoms with Gasteiger partial charge in [0.05, 0.1) is 10.5 Å². The molecule has 0 saturated carbocycles. The van der Waals surface area contributed by atoms with E-state index in [1.807, 2.05) is 24.4 Å². The van der Waals surface area contributed by atoms with Crippen LogP contribution in [0.2, 0.25) is 0 Å². The minimum absolute atomic E-state index is 0.0845. The van der Waals surface area contributed by atoms with Gasteiger partial charge in [-0.15, -0.1) is 11.3 Å². The van der Waals surface area contributed by atoms with Crippen molar-refractivity contribution in [3.05, 3.63) is 55.9 Å². The molecule has 1 nitrogen and oxygen atoms in total. The molecule has 96 valence electrons. The van der Waals surface area contributed by atoms with Crippen LogP contribution in [0.25, 0.3) is 0 Å². The van der Waals surface area contributed by atoms with Crippen molar-refractivity contribution in [2.75, 3.05) is 6.54 Å². The van der Waals surface area contributed by atoms with Crippen LogP contribution < -0.4 is 5.32 Å². The second-order valence-corrected chi connectivity index (χ2v) is 6.04. The summed E-state index contributed by atoms with van der Waals surface area (Å²) in [5.74, 6) is -0.186. The van der Waals surface area contributed by atoms with Crippen LogP contribution in [-0.4, -0.2) is 6.54 Å². The lowest BCUT2D eigenvalue weighted by Gasteiger charge is -2.19. The van der Waals surface area contributed by atoms with E-state index in [1.54, 1.807) is 17.4 Å². The number of hydrogen-bond donors (Lipinski definition) is 1. The monoisotopic (exact) mass is 327 g/mol. The smallest absolute Gasteiger partial charge is 0.142 e. The van der Waals surface area contributed by atoms with Crippen LogP contribution in [0.4, 0.5) is 4.39 Å². The molecule has 18 heavy (non-hydrogen) atoms. The van der Waals surface area contributed by atoms with Crippen LogP contribution >= 0.6 is 27.3 Å². The number of rotatable bonds is 4. The van der Waals surface area contributed by atoms with Crippen molar-refractivity contribution in [3.63, 3.8) is 0 Å². The van der Waals surface area contributed by atoms with Crippen molar-refractivity contribution in [3.8, 4) is 0 Å². The zero-order chi connectivity index (χ0) is 13.1. The van der Waals surface area contributed by atoms with Gasteiger partial charge >= 0.3 is 0 Å². The molecule has 1 aromatic heterocycles. The molecule has 1 heterocycles. The Kier molecular flexibility index (Phi) is 4.54. The molecule has 1 N–H and O–H groups in total. The van der Waals surface area contributed by atoms with Crippen LogP contribution in [0.3, 0.4) is 0 Å². The van der Waals surface area contributed by atoms with Gasteiger partial charge < -0.3 is 5.32 Å². The molecule has 2 aromatic rings. The molecule has 2 rings (SSSR count). The fourth-order valence-corrected chi connectivity index (χ4v) is 3.15. The van der Waals surface area contributed by atoms with Crippen LogP contribution in [0.15, 0.2) is 34.1 Å². The molecule has 0 amide bonds. The number of halogens is 2. The molecular weight excluding hydrogens is 313 g/mol. The maximum Gasteiger partial charge on any atom is 0.142 e. The molecule has 0 fully saturated rings. The Balaban J connectivity index is 2.48. The van der Waals surface area contributed by atoms with Gasteiger partial charge in [-0.2, -0.15) is 0 Å². The summed E-state index contributed by atoms with van der Waals surface area (Å²) in [6.07, 6.45) is 0.